The number of hydrogen-bond donors (Lipinski definition) is 1. The van der Waals surface area contributed by atoms with Gasteiger partial charge in [0.25, 0.3) is 0 Å². The third-order valence-electron chi connectivity index (χ3n) is 4.43. The zero-order chi connectivity index (χ0) is 23.8. The zero-order valence-corrected chi connectivity index (χ0v) is 19.7. The molecule has 1 aliphatic rings. The Morgan fingerprint density at radius 3 is 2.16 bits per heavy atom. The van der Waals surface area contributed by atoms with Crippen LogP contribution in [0.1, 0.15) is 33.3 Å². The molecule has 10 nitrogen and oxygen atoms in total. The standard InChI is InChI=1S/C21H26BrNO9/c1-11(24)23-18-20(31-14(4)27)19(30-13(3)26)17(10-28-12(2)25)32-21(18)29-9-15-7-5-6-8-16(15)22/h5-8,17-21H,9-10H2,1-4H3,(H,23,24). The third kappa shape index (κ3) is 7.57. The first kappa shape index (κ1) is 25.8. The predicted octanol–water partition coefficient (Wildman–Crippen LogP) is 1.62. The highest BCUT2D eigenvalue weighted by molar-refractivity contribution is 9.10. The lowest BCUT2D eigenvalue weighted by Crippen LogP contribution is -2.66. The normalized spacial score (nSPS) is 24.8. The fourth-order valence-corrected chi connectivity index (χ4v) is 3.62. The number of esters is 3. The number of amides is 1. The second kappa shape index (κ2) is 11.9. The van der Waals surface area contributed by atoms with Crippen LogP contribution in [-0.4, -0.2) is 61.1 Å². The molecule has 5 unspecified atom stereocenters. The van der Waals surface area contributed by atoms with Crippen molar-refractivity contribution in [2.45, 2.75) is 64.9 Å². The molecule has 1 N–H and O–H groups in total. The van der Waals surface area contributed by atoms with Gasteiger partial charge >= 0.3 is 17.9 Å². The number of carbonyl (C=O) groups excluding carboxylic acids is 4. The summed E-state index contributed by atoms with van der Waals surface area (Å²) in [6.07, 6.45) is -4.43. The van der Waals surface area contributed by atoms with Crippen LogP contribution in [0.4, 0.5) is 0 Å². The molecular formula is C21H26BrNO9. The fraction of sp³-hybridized carbons (Fsp3) is 0.524. The molecule has 32 heavy (non-hydrogen) atoms. The van der Waals surface area contributed by atoms with Crippen LogP contribution in [0.15, 0.2) is 28.7 Å². The summed E-state index contributed by atoms with van der Waals surface area (Å²) in [6, 6.07) is 6.35. The first-order valence-electron chi connectivity index (χ1n) is 9.83. The average Bonchev–Trinajstić information content (AvgIpc) is 2.68. The molecule has 1 aromatic carbocycles. The molecule has 1 aliphatic heterocycles. The molecule has 0 bridgehead atoms. The number of benzene rings is 1. The largest absolute Gasteiger partial charge is 0.463 e. The highest BCUT2D eigenvalue weighted by atomic mass is 79.9. The number of halogens is 1. The van der Waals surface area contributed by atoms with E-state index in [1.54, 1.807) is 0 Å². The highest BCUT2D eigenvalue weighted by Gasteiger charge is 2.51. The molecule has 0 radical (unpaired) electrons. The van der Waals surface area contributed by atoms with Gasteiger partial charge in [0, 0.05) is 32.2 Å². The van der Waals surface area contributed by atoms with Gasteiger partial charge in [0.1, 0.15) is 18.8 Å². The number of hydrogen-bond acceptors (Lipinski definition) is 9. The molecule has 2 rings (SSSR count). The number of carbonyl (C=O) groups is 4. The van der Waals surface area contributed by atoms with Crippen molar-refractivity contribution in [3.05, 3.63) is 34.3 Å². The van der Waals surface area contributed by atoms with Gasteiger partial charge in [0.05, 0.1) is 6.61 Å². The van der Waals surface area contributed by atoms with Crippen molar-refractivity contribution in [1.82, 2.24) is 5.32 Å². The summed E-state index contributed by atoms with van der Waals surface area (Å²) < 4.78 is 28.5. The van der Waals surface area contributed by atoms with Gasteiger partial charge in [-0.3, -0.25) is 19.2 Å². The van der Waals surface area contributed by atoms with E-state index in [0.717, 1.165) is 10.0 Å². The molecule has 11 heteroatoms. The third-order valence-corrected chi connectivity index (χ3v) is 5.21. The molecule has 1 aromatic rings. The Morgan fingerprint density at radius 1 is 0.969 bits per heavy atom. The molecule has 0 aliphatic carbocycles. The van der Waals surface area contributed by atoms with Crippen LogP contribution < -0.4 is 5.32 Å². The Kier molecular flexibility index (Phi) is 9.60. The Bertz CT molecular complexity index is 846. The molecule has 176 valence electrons. The van der Waals surface area contributed by atoms with Gasteiger partial charge < -0.3 is 29.0 Å². The van der Waals surface area contributed by atoms with Crippen molar-refractivity contribution in [2.24, 2.45) is 0 Å². The molecule has 0 spiro atoms. The monoisotopic (exact) mass is 515 g/mol. The van der Waals surface area contributed by atoms with Crippen LogP contribution in [0.3, 0.4) is 0 Å². The van der Waals surface area contributed by atoms with Crippen molar-refractivity contribution in [1.29, 1.82) is 0 Å². The molecule has 1 amide bonds. The maximum absolute atomic E-state index is 11.9. The smallest absolute Gasteiger partial charge is 0.303 e. The van der Waals surface area contributed by atoms with Crippen LogP contribution in [0, 0.1) is 0 Å². The van der Waals surface area contributed by atoms with Gasteiger partial charge in [-0.1, -0.05) is 34.1 Å². The molecular weight excluding hydrogens is 490 g/mol. The van der Waals surface area contributed by atoms with E-state index in [4.69, 9.17) is 23.7 Å². The lowest BCUT2D eigenvalue weighted by molar-refractivity contribution is -0.280. The minimum absolute atomic E-state index is 0.0908. The number of rotatable bonds is 8. The van der Waals surface area contributed by atoms with Crippen molar-refractivity contribution >= 4 is 39.7 Å². The van der Waals surface area contributed by atoms with E-state index >= 15 is 0 Å². The van der Waals surface area contributed by atoms with Crippen LogP contribution >= 0.6 is 15.9 Å². The summed E-state index contributed by atoms with van der Waals surface area (Å²) in [5.41, 5.74) is 0.806. The minimum atomic E-state index is -1.16. The Hall–Kier alpha value is -2.50. The lowest BCUT2D eigenvalue weighted by Gasteiger charge is -2.44. The molecule has 1 fully saturated rings. The van der Waals surface area contributed by atoms with Crippen LogP contribution in [-0.2, 0) is 49.5 Å². The summed E-state index contributed by atoms with van der Waals surface area (Å²) in [5.74, 6) is -2.35. The Balaban J connectivity index is 2.37. The summed E-state index contributed by atoms with van der Waals surface area (Å²) in [6.45, 7) is 4.66. The second-order valence-electron chi connectivity index (χ2n) is 7.12. The summed E-state index contributed by atoms with van der Waals surface area (Å²) >= 11 is 3.44. The summed E-state index contributed by atoms with van der Waals surface area (Å²) in [5, 5.41) is 2.65. The highest BCUT2D eigenvalue weighted by Crippen LogP contribution is 2.29. The van der Waals surface area contributed by atoms with E-state index < -0.39 is 54.5 Å². The quantitative estimate of drug-likeness (QED) is 0.405. The van der Waals surface area contributed by atoms with Gasteiger partial charge in [-0.15, -0.1) is 0 Å². The number of nitrogens with one attached hydrogen (secondary N) is 1. The number of ether oxygens (including phenoxy) is 5. The topological polar surface area (TPSA) is 126 Å². The van der Waals surface area contributed by atoms with Gasteiger partial charge in [-0.2, -0.15) is 0 Å². The molecule has 1 heterocycles. The molecule has 0 saturated carbocycles. The molecule has 0 aromatic heterocycles. The average molecular weight is 516 g/mol. The van der Waals surface area contributed by atoms with Crippen LogP contribution in [0.25, 0.3) is 0 Å². The lowest BCUT2D eigenvalue weighted by atomic mass is 9.96. The van der Waals surface area contributed by atoms with Crippen molar-refractivity contribution in [3.8, 4) is 0 Å². The maximum atomic E-state index is 11.9. The van der Waals surface area contributed by atoms with Gasteiger partial charge in [-0.25, -0.2) is 0 Å². The van der Waals surface area contributed by atoms with E-state index in [-0.39, 0.29) is 13.2 Å². The SMILES string of the molecule is CC(=O)NC1C(OCc2ccccc2Br)OC(COC(C)=O)C(OC(C)=O)C1OC(C)=O. The van der Waals surface area contributed by atoms with Gasteiger partial charge in [-0.05, 0) is 11.6 Å². The van der Waals surface area contributed by atoms with Crippen LogP contribution in [0.5, 0.6) is 0 Å². The van der Waals surface area contributed by atoms with E-state index in [0.29, 0.717) is 0 Å². The predicted molar refractivity (Wildman–Crippen MR) is 113 cm³/mol. The zero-order valence-electron chi connectivity index (χ0n) is 18.2. The maximum Gasteiger partial charge on any atom is 0.303 e. The molecule has 5 atom stereocenters. The summed E-state index contributed by atoms with van der Waals surface area (Å²) in [7, 11) is 0. The van der Waals surface area contributed by atoms with Crippen molar-refractivity contribution < 1.29 is 42.9 Å². The second-order valence-corrected chi connectivity index (χ2v) is 7.98. The Labute approximate surface area is 194 Å². The van der Waals surface area contributed by atoms with Gasteiger partial charge in [0.15, 0.2) is 18.5 Å². The van der Waals surface area contributed by atoms with E-state index in [1.165, 1.54) is 27.7 Å². The van der Waals surface area contributed by atoms with Gasteiger partial charge in [0.2, 0.25) is 5.91 Å². The first-order chi connectivity index (χ1) is 15.1. The van der Waals surface area contributed by atoms with E-state index in [2.05, 4.69) is 21.2 Å². The fourth-order valence-electron chi connectivity index (χ4n) is 3.22. The summed E-state index contributed by atoms with van der Waals surface area (Å²) in [4.78, 5) is 46.8. The van der Waals surface area contributed by atoms with E-state index in [9.17, 15) is 19.2 Å². The first-order valence-corrected chi connectivity index (χ1v) is 10.6. The molecule has 1 saturated heterocycles. The van der Waals surface area contributed by atoms with Crippen LogP contribution in [0.2, 0.25) is 0 Å². The Morgan fingerprint density at radius 2 is 1.59 bits per heavy atom. The van der Waals surface area contributed by atoms with Crippen molar-refractivity contribution in [2.75, 3.05) is 6.61 Å². The minimum Gasteiger partial charge on any atom is -0.463 e. The van der Waals surface area contributed by atoms with Crippen molar-refractivity contribution in [3.63, 3.8) is 0 Å². The van der Waals surface area contributed by atoms with E-state index in [1.807, 2.05) is 24.3 Å².